The van der Waals surface area contributed by atoms with Crippen LogP contribution >= 0.6 is 34.8 Å². The zero-order valence-corrected chi connectivity index (χ0v) is 12.6. The van der Waals surface area contributed by atoms with Crippen LogP contribution in [0.1, 0.15) is 0 Å². The number of halogens is 3. The predicted octanol–water partition coefficient (Wildman–Crippen LogP) is 4.47. The third-order valence-electron chi connectivity index (χ3n) is 2.77. The molecule has 21 heavy (non-hydrogen) atoms. The van der Waals surface area contributed by atoms with Gasteiger partial charge in [0.2, 0.25) is 0 Å². The molecular weight excluding hydrogens is 335 g/mol. The molecule has 1 amide bonds. The SMILES string of the molecule is O=C(Nc1ccc(Cl)cc1Cl)n1nnc2cc(Cl)ccc21. The highest BCUT2D eigenvalue weighted by Gasteiger charge is 2.13. The van der Waals surface area contributed by atoms with Crippen LogP contribution in [0.3, 0.4) is 0 Å². The fourth-order valence-corrected chi connectivity index (χ4v) is 2.43. The zero-order valence-electron chi connectivity index (χ0n) is 10.3. The van der Waals surface area contributed by atoms with E-state index in [-0.39, 0.29) is 0 Å². The number of aromatic nitrogens is 3. The topological polar surface area (TPSA) is 59.8 Å². The van der Waals surface area contributed by atoms with E-state index >= 15 is 0 Å². The average molecular weight is 342 g/mol. The van der Waals surface area contributed by atoms with Gasteiger partial charge in [0.15, 0.2) is 0 Å². The molecular formula is C13H7Cl3N4O. The fraction of sp³-hybridized carbons (Fsp3) is 0. The Bertz CT molecular complexity index is 847. The summed E-state index contributed by atoms with van der Waals surface area (Å²) in [5.41, 5.74) is 1.51. The number of rotatable bonds is 1. The number of fused-ring (bicyclic) bond motifs is 1. The van der Waals surface area contributed by atoms with Crippen molar-refractivity contribution in [3.8, 4) is 0 Å². The highest BCUT2D eigenvalue weighted by Crippen LogP contribution is 2.25. The van der Waals surface area contributed by atoms with Crippen LogP contribution in [-0.2, 0) is 0 Å². The molecule has 1 N–H and O–H groups in total. The first-order chi connectivity index (χ1) is 10.0. The summed E-state index contributed by atoms with van der Waals surface area (Å²) in [6, 6.07) is 9.25. The highest BCUT2D eigenvalue weighted by atomic mass is 35.5. The van der Waals surface area contributed by atoms with Crippen LogP contribution in [0.4, 0.5) is 10.5 Å². The minimum atomic E-state index is -0.482. The lowest BCUT2D eigenvalue weighted by atomic mass is 10.3. The van der Waals surface area contributed by atoms with E-state index in [4.69, 9.17) is 34.8 Å². The van der Waals surface area contributed by atoms with Crippen molar-refractivity contribution in [3.63, 3.8) is 0 Å². The molecule has 0 aliphatic rings. The summed E-state index contributed by atoms with van der Waals surface area (Å²) in [5.74, 6) is 0. The van der Waals surface area contributed by atoms with Crippen molar-refractivity contribution in [1.82, 2.24) is 15.0 Å². The number of nitrogens with one attached hydrogen (secondary N) is 1. The monoisotopic (exact) mass is 340 g/mol. The number of nitrogens with zero attached hydrogens (tertiary/aromatic N) is 3. The molecule has 106 valence electrons. The first-order valence-corrected chi connectivity index (χ1v) is 6.95. The number of hydrogen-bond acceptors (Lipinski definition) is 3. The molecule has 0 spiro atoms. The van der Waals surface area contributed by atoms with Crippen molar-refractivity contribution in [2.45, 2.75) is 0 Å². The second-order valence-corrected chi connectivity index (χ2v) is 5.47. The molecule has 5 nitrogen and oxygen atoms in total. The number of amides is 1. The van der Waals surface area contributed by atoms with Gasteiger partial charge in [-0.3, -0.25) is 0 Å². The maximum atomic E-state index is 12.2. The lowest BCUT2D eigenvalue weighted by molar-refractivity contribution is 0.251. The van der Waals surface area contributed by atoms with Crippen LogP contribution in [0, 0.1) is 0 Å². The van der Waals surface area contributed by atoms with Gasteiger partial charge in [-0.2, -0.15) is 4.68 Å². The van der Waals surface area contributed by atoms with Gasteiger partial charge in [0.1, 0.15) is 5.52 Å². The van der Waals surface area contributed by atoms with E-state index in [0.717, 1.165) is 4.68 Å². The Hall–Kier alpha value is -1.82. The summed E-state index contributed by atoms with van der Waals surface area (Å²) in [4.78, 5) is 12.2. The van der Waals surface area contributed by atoms with Gasteiger partial charge in [-0.1, -0.05) is 40.0 Å². The fourth-order valence-electron chi connectivity index (χ4n) is 1.81. The minimum absolute atomic E-state index is 0.336. The second-order valence-electron chi connectivity index (χ2n) is 4.19. The van der Waals surface area contributed by atoms with Gasteiger partial charge in [-0.25, -0.2) is 4.79 Å². The Kier molecular flexibility index (Phi) is 3.71. The van der Waals surface area contributed by atoms with Crippen LogP contribution in [0.15, 0.2) is 36.4 Å². The van der Waals surface area contributed by atoms with E-state index in [1.54, 1.807) is 30.3 Å². The zero-order chi connectivity index (χ0) is 15.0. The van der Waals surface area contributed by atoms with Crippen LogP contribution in [0.5, 0.6) is 0 Å². The van der Waals surface area contributed by atoms with Gasteiger partial charge >= 0.3 is 6.03 Å². The Labute approximate surface area is 134 Å². The maximum Gasteiger partial charge on any atom is 0.348 e. The van der Waals surface area contributed by atoms with Gasteiger partial charge in [0.25, 0.3) is 0 Å². The van der Waals surface area contributed by atoms with E-state index < -0.39 is 6.03 Å². The quantitative estimate of drug-likeness (QED) is 0.710. The molecule has 1 aromatic heterocycles. The van der Waals surface area contributed by atoms with E-state index in [9.17, 15) is 4.79 Å². The van der Waals surface area contributed by atoms with Gasteiger partial charge in [0.05, 0.1) is 16.2 Å². The first kappa shape index (κ1) is 14.1. The number of carbonyl (C=O) groups excluding carboxylic acids is 1. The molecule has 0 radical (unpaired) electrons. The lowest BCUT2D eigenvalue weighted by Crippen LogP contribution is -2.20. The molecule has 0 aliphatic heterocycles. The van der Waals surface area contributed by atoms with E-state index in [2.05, 4.69) is 15.6 Å². The smallest absolute Gasteiger partial charge is 0.305 e. The molecule has 0 unspecified atom stereocenters. The van der Waals surface area contributed by atoms with Crippen LogP contribution in [0.25, 0.3) is 11.0 Å². The van der Waals surface area contributed by atoms with E-state index in [0.29, 0.717) is 31.8 Å². The average Bonchev–Trinajstić information content (AvgIpc) is 2.84. The molecule has 3 aromatic rings. The van der Waals surface area contributed by atoms with Crippen LogP contribution in [0.2, 0.25) is 15.1 Å². The normalized spacial score (nSPS) is 10.8. The third-order valence-corrected chi connectivity index (χ3v) is 3.56. The lowest BCUT2D eigenvalue weighted by Gasteiger charge is -2.07. The van der Waals surface area contributed by atoms with Crippen LogP contribution < -0.4 is 5.32 Å². The molecule has 3 rings (SSSR count). The third kappa shape index (κ3) is 2.81. The van der Waals surface area contributed by atoms with E-state index in [1.165, 1.54) is 6.07 Å². The molecule has 8 heteroatoms. The van der Waals surface area contributed by atoms with Crippen molar-refractivity contribution in [2.75, 3.05) is 5.32 Å². The highest BCUT2D eigenvalue weighted by molar-refractivity contribution is 6.36. The van der Waals surface area contributed by atoms with Crippen molar-refractivity contribution >= 4 is 57.6 Å². The second kappa shape index (κ2) is 5.52. The van der Waals surface area contributed by atoms with Crippen molar-refractivity contribution < 1.29 is 4.79 Å². The number of carbonyl (C=O) groups is 1. The molecule has 0 atom stereocenters. The first-order valence-electron chi connectivity index (χ1n) is 5.82. The Morgan fingerprint density at radius 2 is 1.76 bits per heavy atom. The number of hydrogen-bond donors (Lipinski definition) is 1. The predicted molar refractivity (Wildman–Crippen MR) is 83.4 cm³/mol. The van der Waals surface area contributed by atoms with Gasteiger partial charge < -0.3 is 5.32 Å². The van der Waals surface area contributed by atoms with E-state index in [1.807, 2.05) is 0 Å². The molecule has 1 heterocycles. The molecule has 0 saturated carbocycles. The summed E-state index contributed by atoms with van der Waals surface area (Å²) < 4.78 is 1.14. The summed E-state index contributed by atoms with van der Waals surface area (Å²) in [6.45, 7) is 0. The molecule has 0 bridgehead atoms. The molecule has 2 aromatic carbocycles. The summed E-state index contributed by atoms with van der Waals surface area (Å²) in [6.07, 6.45) is 0. The Morgan fingerprint density at radius 3 is 2.52 bits per heavy atom. The van der Waals surface area contributed by atoms with Gasteiger partial charge in [-0.05, 0) is 36.4 Å². The van der Waals surface area contributed by atoms with Crippen molar-refractivity contribution in [3.05, 3.63) is 51.5 Å². The van der Waals surface area contributed by atoms with Crippen LogP contribution in [-0.4, -0.2) is 21.0 Å². The summed E-state index contributed by atoms with van der Waals surface area (Å²) in [7, 11) is 0. The molecule has 0 fully saturated rings. The standard InChI is InChI=1S/C13H7Cl3N4O/c14-7-1-3-10(9(16)5-7)17-13(21)20-12-4-2-8(15)6-11(12)18-19-20/h1-6H,(H,17,21). The van der Waals surface area contributed by atoms with Gasteiger partial charge in [0, 0.05) is 10.0 Å². The molecule has 0 aliphatic carbocycles. The van der Waals surface area contributed by atoms with Gasteiger partial charge in [-0.15, -0.1) is 5.10 Å². The number of benzene rings is 2. The summed E-state index contributed by atoms with van der Waals surface area (Å²) >= 11 is 17.7. The molecule has 0 saturated heterocycles. The minimum Gasteiger partial charge on any atom is -0.305 e. The van der Waals surface area contributed by atoms with Crippen molar-refractivity contribution in [1.29, 1.82) is 0 Å². The number of anilines is 1. The maximum absolute atomic E-state index is 12.2. The Morgan fingerprint density at radius 1 is 1.05 bits per heavy atom. The Balaban J connectivity index is 1.94. The summed E-state index contributed by atoms with van der Waals surface area (Å²) in [5, 5.41) is 11.7. The largest absolute Gasteiger partial charge is 0.348 e. The van der Waals surface area contributed by atoms with Crippen molar-refractivity contribution in [2.24, 2.45) is 0 Å².